The van der Waals surface area contributed by atoms with Gasteiger partial charge in [0.05, 0.1) is 9.79 Å². The zero-order valence-corrected chi connectivity index (χ0v) is 19.4. The van der Waals surface area contributed by atoms with Crippen LogP contribution in [-0.2, 0) is 20.0 Å². The van der Waals surface area contributed by atoms with Crippen molar-refractivity contribution in [2.45, 2.75) is 23.6 Å². The molecule has 2 aromatic rings. The minimum Gasteiger partial charge on any atom is -0.206 e. The summed E-state index contributed by atoms with van der Waals surface area (Å²) in [6.07, 6.45) is 0. The van der Waals surface area contributed by atoms with Gasteiger partial charge in [-0.25, -0.2) is 16.8 Å². The van der Waals surface area contributed by atoms with Crippen LogP contribution in [0.5, 0.6) is 0 Å². The molecule has 0 bridgehead atoms. The molecule has 0 saturated carbocycles. The lowest BCUT2D eigenvalue weighted by molar-refractivity contribution is 0.551. The maximum atomic E-state index is 13.2. The van der Waals surface area contributed by atoms with Crippen molar-refractivity contribution < 1.29 is 16.8 Å². The first-order chi connectivity index (χ1) is 13.5. The maximum absolute atomic E-state index is 13.2. The molecule has 1 atom stereocenters. The van der Waals surface area contributed by atoms with Gasteiger partial charge in [0.15, 0.2) is 0 Å². The fraction of sp³-hybridized carbons (Fsp3) is 0.167. The Labute approximate surface area is 183 Å². The molecule has 0 radical (unpaired) electrons. The molecule has 156 valence electrons. The highest BCUT2D eigenvalue weighted by Gasteiger charge is 2.32. The fourth-order valence-corrected chi connectivity index (χ4v) is 8.60. The summed E-state index contributed by atoms with van der Waals surface area (Å²) in [6, 6.07) is 11.4. The van der Waals surface area contributed by atoms with Gasteiger partial charge in [-0.2, -0.15) is 0 Å². The number of rotatable bonds is 5. The van der Waals surface area contributed by atoms with E-state index in [-0.39, 0.29) is 16.3 Å². The summed E-state index contributed by atoms with van der Waals surface area (Å²) in [7, 11) is -9.37. The monoisotopic (exact) mass is 492 g/mol. The predicted molar refractivity (Wildman–Crippen MR) is 119 cm³/mol. The quantitative estimate of drug-likeness (QED) is 0.633. The average molecular weight is 493 g/mol. The van der Waals surface area contributed by atoms with Crippen LogP contribution < -0.4 is 4.13 Å². The molecule has 11 heteroatoms. The van der Waals surface area contributed by atoms with E-state index in [1.807, 2.05) is 13.8 Å². The van der Waals surface area contributed by atoms with Crippen LogP contribution in [0.25, 0.3) is 0 Å². The number of sulfonamides is 2. The smallest absolute Gasteiger partial charge is 0.206 e. The Balaban J connectivity index is 2.02. The molecule has 0 aromatic heterocycles. The zero-order valence-electron chi connectivity index (χ0n) is 15.5. The van der Waals surface area contributed by atoms with E-state index in [1.165, 1.54) is 48.5 Å². The van der Waals surface area contributed by atoms with Crippen LogP contribution in [0.3, 0.4) is 0 Å². The minimum atomic E-state index is -3.98. The molecule has 1 unspecified atom stereocenters. The summed E-state index contributed by atoms with van der Waals surface area (Å²) >= 11 is 11.7. The second-order valence-electron chi connectivity index (χ2n) is 6.36. The van der Waals surface area contributed by atoms with Gasteiger partial charge in [-0.1, -0.05) is 28.8 Å². The number of benzene rings is 2. The summed E-state index contributed by atoms with van der Waals surface area (Å²) in [5.74, 6) is 0. The number of nitrogens with one attached hydrogen (secondary N) is 1. The molecule has 1 aliphatic heterocycles. The molecule has 2 aromatic carbocycles. The third-order valence-corrected chi connectivity index (χ3v) is 11.0. The van der Waals surface area contributed by atoms with Gasteiger partial charge >= 0.3 is 0 Å². The van der Waals surface area contributed by atoms with Crippen molar-refractivity contribution >= 4 is 59.5 Å². The summed E-state index contributed by atoms with van der Waals surface area (Å²) in [5, 5.41) is 2.42. The lowest BCUT2D eigenvalue weighted by Crippen LogP contribution is -2.36. The van der Waals surface area contributed by atoms with E-state index in [1.54, 1.807) is 5.37 Å². The first-order valence-electron chi connectivity index (χ1n) is 8.31. The van der Waals surface area contributed by atoms with Gasteiger partial charge in [0.2, 0.25) is 10.0 Å². The van der Waals surface area contributed by atoms with Crippen molar-refractivity contribution in [3.8, 4) is 0 Å². The third kappa shape index (κ3) is 4.93. The van der Waals surface area contributed by atoms with Gasteiger partial charge in [-0.05, 0) is 84.2 Å². The number of hydrogen-bond acceptors (Lipinski definition) is 4. The lowest BCUT2D eigenvalue weighted by atomic mass is 10.2. The summed E-state index contributed by atoms with van der Waals surface area (Å²) in [5.41, 5.74) is 1.66. The van der Waals surface area contributed by atoms with Crippen molar-refractivity contribution in [2.24, 2.45) is 0 Å². The van der Waals surface area contributed by atoms with Crippen LogP contribution in [0.15, 0.2) is 69.5 Å². The van der Waals surface area contributed by atoms with Crippen molar-refractivity contribution in [1.29, 1.82) is 0 Å². The average Bonchev–Trinajstić information content (AvgIpc) is 2.65. The molecule has 1 N–H and O–H groups in total. The van der Waals surface area contributed by atoms with Gasteiger partial charge in [-0.3, -0.25) is 0 Å². The van der Waals surface area contributed by atoms with E-state index in [9.17, 15) is 16.8 Å². The standard InChI is InChI=1S/C18H18Cl2N2O4S3/c1-13-11-22(29(25,26)18-9-5-16(20)6-10-18)27(12-14(13)2)21-28(23,24)17-7-3-15(19)4-8-17/h3-10,12,21H,11H2,1-2H3. The number of hydrogen-bond donors (Lipinski definition) is 1. The minimum absolute atomic E-state index is 0.00410. The molecular weight excluding hydrogens is 475 g/mol. The van der Waals surface area contributed by atoms with E-state index < -0.39 is 30.9 Å². The Morgan fingerprint density at radius 1 is 0.862 bits per heavy atom. The van der Waals surface area contributed by atoms with E-state index in [0.29, 0.717) is 10.0 Å². The molecule has 0 aliphatic carbocycles. The molecule has 1 heterocycles. The highest BCUT2D eigenvalue weighted by Crippen LogP contribution is 2.33. The maximum Gasteiger partial charge on any atom is 0.253 e. The normalized spacial score (nSPS) is 18.6. The Morgan fingerprint density at radius 3 is 1.86 bits per heavy atom. The number of allylic oxidation sites excluding steroid dienone is 1. The van der Waals surface area contributed by atoms with Gasteiger partial charge < -0.3 is 0 Å². The van der Waals surface area contributed by atoms with Gasteiger partial charge in [0.1, 0.15) is 0 Å². The number of nitrogens with zero attached hydrogens (tertiary/aromatic N) is 1. The second-order valence-corrected chi connectivity index (χ2v) is 12.8. The molecule has 0 amide bonds. The molecule has 3 rings (SSSR count). The molecule has 0 saturated heterocycles. The molecule has 1 aliphatic rings. The van der Waals surface area contributed by atoms with Crippen LogP contribution in [-0.4, -0.2) is 32.5 Å². The fourth-order valence-electron chi connectivity index (χ4n) is 2.47. The van der Waals surface area contributed by atoms with Crippen molar-refractivity contribution in [3.05, 3.63) is 69.7 Å². The molecular formula is C18H18Cl2N2O4S3. The Kier molecular flexibility index (Phi) is 6.59. The van der Waals surface area contributed by atoms with E-state index in [4.69, 9.17) is 23.2 Å². The van der Waals surface area contributed by atoms with Crippen LogP contribution in [0, 0.1) is 0 Å². The largest absolute Gasteiger partial charge is 0.253 e. The summed E-state index contributed by atoms with van der Waals surface area (Å²) < 4.78 is 55.8. The highest BCUT2D eigenvalue weighted by molar-refractivity contribution is 8.23. The Morgan fingerprint density at radius 2 is 1.34 bits per heavy atom. The van der Waals surface area contributed by atoms with Crippen LogP contribution in [0.4, 0.5) is 0 Å². The summed E-state index contributed by atoms with van der Waals surface area (Å²) in [6.45, 7) is 3.70. The Bertz CT molecular complexity index is 1200. The van der Waals surface area contributed by atoms with E-state index >= 15 is 0 Å². The van der Waals surface area contributed by atoms with Crippen molar-refractivity contribution in [2.75, 3.05) is 6.54 Å². The van der Waals surface area contributed by atoms with Crippen LogP contribution >= 0.6 is 34.1 Å². The van der Waals surface area contributed by atoms with Crippen LogP contribution in [0.2, 0.25) is 10.0 Å². The van der Waals surface area contributed by atoms with Gasteiger partial charge in [0.25, 0.3) is 10.0 Å². The SMILES string of the molecule is CC1=C(C)CN(S(=O)(=O)c2ccc(Cl)cc2)S(NS(=O)(=O)c2ccc(Cl)cc2)=C1. The third-order valence-electron chi connectivity index (χ3n) is 4.25. The zero-order chi connectivity index (χ0) is 21.4. The molecule has 0 spiro atoms. The number of halogens is 2. The van der Waals surface area contributed by atoms with Crippen molar-refractivity contribution in [3.63, 3.8) is 0 Å². The van der Waals surface area contributed by atoms with E-state index in [2.05, 4.69) is 4.13 Å². The first-order valence-corrected chi connectivity index (χ1v) is 13.2. The molecule has 0 fully saturated rings. The van der Waals surface area contributed by atoms with Crippen molar-refractivity contribution in [1.82, 2.24) is 7.84 Å². The topological polar surface area (TPSA) is 83.6 Å². The Hall–Kier alpha value is -1.20. The van der Waals surface area contributed by atoms with Gasteiger partial charge in [0, 0.05) is 16.6 Å². The lowest BCUT2D eigenvalue weighted by Gasteiger charge is -2.30. The molecule has 29 heavy (non-hydrogen) atoms. The first kappa shape index (κ1) is 22.5. The highest BCUT2D eigenvalue weighted by atomic mass is 35.5. The summed E-state index contributed by atoms with van der Waals surface area (Å²) in [4.78, 5) is 0.0291. The second kappa shape index (κ2) is 8.50. The van der Waals surface area contributed by atoms with Crippen LogP contribution in [0.1, 0.15) is 13.8 Å². The van der Waals surface area contributed by atoms with Gasteiger partial charge in [-0.15, -0.1) is 7.84 Å². The predicted octanol–water partition coefficient (Wildman–Crippen LogP) is 4.21. The van der Waals surface area contributed by atoms with E-state index in [0.717, 1.165) is 14.9 Å². The molecule has 6 nitrogen and oxygen atoms in total.